The molecule has 1 atom stereocenters. The largest absolute Gasteiger partial charge is 0.495 e. The highest BCUT2D eigenvalue weighted by atomic mass is 16.5. The first-order valence-corrected chi connectivity index (χ1v) is 8.61. The van der Waals surface area contributed by atoms with Gasteiger partial charge in [0.2, 0.25) is 11.8 Å². The smallest absolute Gasteiger partial charge is 0.246 e. The Hall–Kier alpha value is -3.02. The maximum absolute atomic E-state index is 12.5. The Balaban J connectivity index is 1.67. The summed E-state index contributed by atoms with van der Waals surface area (Å²) in [6.07, 6.45) is 0.826. The van der Waals surface area contributed by atoms with Gasteiger partial charge in [-0.1, -0.05) is 12.1 Å². The second-order valence-corrected chi connectivity index (χ2v) is 6.32. The average molecular weight is 353 g/mol. The molecule has 6 heteroatoms. The van der Waals surface area contributed by atoms with Crippen LogP contribution >= 0.6 is 0 Å². The lowest BCUT2D eigenvalue weighted by Crippen LogP contribution is -2.32. The lowest BCUT2D eigenvalue weighted by Gasteiger charge is -2.18. The predicted octanol–water partition coefficient (Wildman–Crippen LogP) is 3.04. The summed E-state index contributed by atoms with van der Waals surface area (Å²) in [4.78, 5) is 25.9. The zero-order chi connectivity index (χ0) is 18.7. The molecule has 0 spiro atoms. The van der Waals surface area contributed by atoms with E-state index in [2.05, 4.69) is 10.6 Å². The summed E-state index contributed by atoms with van der Waals surface area (Å²) >= 11 is 0. The summed E-state index contributed by atoms with van der Waals surface area (Å²) < 4.78 is 5.26. The van der Waals surface area contributed by atoms with Crippen LogP contribution in [0.3, 0.4) is 0 Å². The fourth-order valence-electron chi connectivity index (χ4n) is 3.12. The molecule has 3 rings (SSSR count). The SMILES string of the molecule is COc1ccccc1NC(=O)[C@H](C)Nc1ccc2c(c1)CCN2C(C)=O. The first-order valence-electron chi connectivity index (χ1n) is 8.61. The molecule has 1 aliphatic heterocycles. The third-order valence-corrected chi connectivity index (χ3v) is 4.50. The van der Waals surface area contributed by atoms with Crippen molar-refractivity contribution in [2.45, 2.75) is 26.3 Å². The van der Waals surface area contributed by atoms with Crippen molar-refractivity contribution in [2.75, 3.05) is 29.2 Å². The van der Waals surface area contributed by atoms with Crippen LogP contribution in [0.15, 0.2) is 42.5 Å². The number of anilines is 3. The molecular formula is C20H23N3O3. The lowest BCUT2D eigenvalue weighted by atomic mass is 10.1. The van der Waals surface area contributed by atoms with Crippen molar-refractivity contribution in [3.8, 4) is 5.75 Å². The maximum Gasteiger partial charge on any atom is 0.246 e. The van der Waals surface area contributed by atoms with Crippen LogP contribution in [0, 0.1) is 0 Å². The summed E-state index contributed by atoms with van der Waals surface area (Å²) in [6.45, 7) is 4.09. The highest BCUT2D eigenvalue weighted by Gasteiger charge is 2.23. The first-order chi connectivity index (χ1) is 12.5. The second kappa shape index (κ2) is 7.47. The maximum atomic E-state index is 12.5. The molecule has 6 nitrogen and oxygen atoms in total. The molecule has 2 N–H and O–H groups in total. The van der Waals surface area contributed by atoms with Crippen LogP contribution in [0.1, 0.15) is 19.4 Å². The highest BCUT2D eigenvalue weighted by Crippen LogP contribution is 2.31. The van der Waals surface area contributed by atoms with Gasteiger partial charge in [-0.2, -0.15) is 0 Å². The Labute approximate surface area is 153 Å². The number of fused-ring (bicyclic) bond motifs is 1. The number of nitrogens with zero attached hydrogens (tertiary/aromatic N) is 1. The molecule has 136 valence electrons. The molecule has 0 fully saturated rings. The monoisotopic (exact) mass is 353 g/mol. The van der Waals surface area contributed by atoms with E-state index < -0.39 is 6.04 Å². The average Bonchev–Trinajstić information content (AvgIpc) is 3.05. The van der Waals surface area contributed by atoms with Gasteiger partial charge in [-0.3, -0.25) is 9.59 Å². The van der Waals surface area contributed by atoms with Crippen molar-refractivity contribution in [1.82, 2.24) is 0 Å². The first kappa shape index (κ1) is 17.8. The lowest BCUT2D eigenvalue weighted by molar-refractivity contribution is -0.117. The minimum absolute atomic E-state index is 0.0500. The number of carbonyl (C=O) groups is 2. The van der Waals surface area contributed by atoms with Gasteiger partial charge in [0.05, 0.1) is 12.8 Å². The Kier molecular flexibility index (Phi) is 5.11. The number of carbonyl (C=O) groups excluding carboxylic acids is 2. The molecule has 1 heterocycles. The van der Waals surface area contributed by atoms with E-state index in [9.17, 15) is 9.59 Å². The van der Waals surface area contributed by atoms with Gasteiger partial charge in [-0.15, -0.1) is 0 Å². The topological polar surface area (TPSA) is 70.7 Å². The van der Waals surface area contributed by atoms with Gasteiger partial charge >= 0.3 is 0 Å². The molecule has 0 aromatic heterocycles. The van der Waals surface area contributed by atoms with Gasteiger partial charge in [0.1, 0.15) is 11.8 Å². The number of amides is 2. The van der Waals surface area contributed by atoms with Crippen molar-refractivity contribution >= 4 is 28.9 Å². The Morgan fingerprint density at radius 3 is 2.69 bits per heavy atom. The minimum Gasteiger partial charge on any atom is -0.495 e. The van der Waals surface area contributed by atoms with E-state index >= 15 is 0 Å². The zero-order valence-corrected chi connectivity index (χ0v) is 15.2. The number of rotatable bonds is 5. The van der Waals surface area contributed by atoms with E-state index in [1.807, 2.05) is 30.3 Å². The van der Waals surface area contributed by atoms with Crippen LogP contribution in [0.5, 0.6) is 5.75 Å². The number of hydrogen-bond donors (Lipinski definition) is 2. The molecule has 1 aliphatic rings. The number of para-hydroxylation sites is 2. The molecule has 0 saturated carbocycles. The van der Waals surface area contributed by atoms with Crippen LogP contribution in [0.4, 0.5) is 17.1 Å². The minimum atomic E-state index is -0.428. The van der Waals surface area contributed by atoms with E-state index in [4.69, 9.17) is 4.74 Å². The number of nitrogens with one attached hydrogen (secondary N) is 2. The van der Waals surface area contributed by atoms with Crippen molar-refractivity contribution < 1.29 is 14.3 Å². The van der Waals surface area contributed by atoms with Gasteiger partial charge in [0.15, 0.2) is 0 Å². The predicted molar refractivity (Wildman–Crippen MR) is 103 cm³/mol. The van der Waals surface area contributed by atoms with Crippen LogP contribution in [-0.4, -0.2) is 31.5 Å². The third-order valence-electron chi connectivity index (χ3n) is 4.50. The van der Waals surface area contributed by atoms with Crippen LogP contribution in [-0.2, 0) is 16.0 Å². The Morgan fingerprint density at radius 2 is 1.96 bits per heavy atom. The molecule has 0 aliphatic carbocycles. The molecule has 0 unspecified atom stereocenters. The van der Waals surface area contributed by atoms with Gasteiger partial charge < -0.3 is 20.3 Å². The normalized spacial score (nSPS) is 13.7. The highest BCUT2D eigenvalue weighted by molar-refractivity contribution is 5.98. The summed E-state index contributed by atoms with van der Waals surface area (Å²) in [5.74, 6) is 0.518. The molecule has 2 amide bonds. The summed E-state index contributed by atoms with van der Waals surface area (Å²) in [6, 6.07) is 12.7. The van der Waals surface area contributed by atoms with Gasteiger partial charge in [0, 0.05) is 24.8 Å². The molecule has 0 saturated heterocycles. The third kappa shape index (κ3) is 3.64. The quantitative estimate of drug-likeness (QED) is 0.867. The Bertz CT molecular complexity index is 835. The molecule has 0 radical (unpaired) electrons. The Morgan fingerprint density at radius 1 is 1.19 bits per heavy atom. The molecule has 26 heavy (non-hydrogen) atoms. The van der Waals surface area contributed by atoms with Crippen molar-refractivity contribution in [3.05, 3.63) is 48.0 Å². The van der Waals surface area contributed by atoms with Gasteiger partial charge in [0.25, 0.3) is 0 Å². The van der Waals surface area contributed by atoms with E-state index in [0.717, 1.165) is 23.4 Å². The number of hydrogen-bond acceptors (Lipinski definition) is 4. The van der Waals surface area contributed by atoms with E-state index in [-0.39, 0.29) is 11.8 Å². The second-order valence-electron chi connectivity index (χ2n) is 6.32. The number of methoxy groups -OCH3 is 1. The van der Waals surface area contributed by atoms with E-state index in [0.29, 0.717) is 18.0 Å². The summed E-state index contributed by atoms with van der Waals surface area (Å²) in [7, 11) is 1.57. The van der Waals surface area contributed by atoms with E-state index in [1.54, 1.807) is 38.0 Å². The van der Waals surface area contributed by atoms with Crippen LogP contribution in [0.2, 0.25) is 0 Å². The summed E-state index contributed by atoms with van der Waals surface area (Å²) in [5.41, 5.74) is 3.56. The van der Waals surface area contributed by atoms with Crippen LogP contribution in [0.25, 0.3) is 0 Å². The molecular weight excluding hydrogens is 330 g/mol. The van der Waals surface area contributed by atoms with Crippen molar-refractivity contribution in [2.24, 2.45) is 0 Å². The zero-order valence-electron chi connectivity index (χ0n) is 15.2. The fraction of sp³-hybridized carbons (Fsp3) is 0.300. The van der Waals surface area contributed by atoms with Crippen molar-refractivity contribution in [1.29, 1.82) is 0 Å². The van der Waals surface area contributed by atoms with Gasteiger partial charge in [-0.25, -0.2) is 0 Å². The van der Waals surface area contributed by atoms with Gasteiger partial charge in [-0.05, 0) is 49.2 Å². The molecule has 2 aromatic rings. The standard InChI is InChI=1S/C20H23N3O3/c1-13(20(25)22-17-6-4-5-7-19(17)26-3)21-16-8-9-18-15(12-16)10-11-23(18)14(2)24/h4-9,12-13,21H,10-11H2,1-3H3,(H,22,25)/t13-/m0/s1. The molecule has 0 bridgehead atoms. The number of benzene rings is 2. The van der Waals surface area contributed by atoms with E-state index in [1.165, 1.54) is 0 Å². The number of ether oxygens (including phenoxy) is 1. The summed E-state index contributed by atoms with van der Waals surface area (Å²) in [5, 5.41) is 6.09. The van der Waals surface area contributed by atoms with Crippen LogP contribution < -0.4 is 20.3 Å². The molecule has 2 aromatic carbocycles. The fourth-order valence-corrected chi connectivity index (χ4v) is 3.12. The van der Waals surface area contributed by atoms with Crippen molar-refractivity contribution in [3.63, 3.8) is 0 Å².